The zero-order valence-electron chi connectivity index (χ0n) is 47.3. The first-order valence-electron chi connectivity index (χ1n) is 28.1. The molecule has 461 valence electrons. The summed E-state index contributed by atoms with van der Waals surface area (Å²) in [5.74, 6) is -3.99. The van der Waals surface area contributed by atoms with Gasteiger partial charge in [-0.3, -0.25) is 52.8 Å². The van der Waals surface area contributed by atoms with Crippen LogP contribution in [0.25, 0.3) is 16.4 Å². The molecule has 0 spiro atoms. The number of carbonyl (C=O) groups excluding carboxylic acids is 6. The van der Waals surface area contributed by atoms with Crippen molar-refractivity contribution in [1.29, 1.82) is 0 Å². The van der Waals surface area contributed by atoms with Crippen LogP contribution in [-0.2, 0) is 63.9 Å². The molecule has 15 atom stereocenters. The molecule has 1 aromatic carbocycles. The van der Waals surface area contributed by atoms with Crippen LogP contribution in [0, 0.1) is 55.3 Å². The molecular weight excluding hydrogens is 1160 g/mol. The minimum atomic E-state index is -4.97. The molecule has 6 amide bonds. The van der Waals surface area contributed by atoms with Gasteiger partial charge >= 0.3 is 7.82 Å². The summed E-state index contributed by atoms with van der Waals surface area (Å²) in [4.78, 5) is 104. The molecule has 0 saturated carbocycles. The monoisotopic (exact) mass is 1230 g/mol. The summed E-state index contributed by atoms with van der Waals surface area (Å²) >= 11 is 0. The predicted octanol–water partition coefficient (Wildman–Crippen LogP) is 1.46. The van der Waals surface area contributed by atoms with Gasteiger partial charge in [0.05, 0.1) is 36.3 Å². The quantitative estimate of drug-likeness (QED) is 0.0220. The number of nitrogens with one attached hydrogen (secondary N) is 5. The van der Waals surface area contributed by atoms with Crippen LogP contribution < -0.4 is 38.2 Å². The van der Waals surface area contributed by atoms with E-state index in [2.05, 4.69) is 31.7 Å². The molecule has 2 saturated heterocycles. The third kappa shape index (κ3) is 14.6. The number of nitrogens with two attached hydrogens (primary N) is 2. The van der Waals surface area contributed by atoms with Crippen molar-refractivity contribution < 1.29 is 84.2 Å². The number of nitrogens with zero attached hydrogens (tertiary/aromatic N) is 6. The van der Waals surface area contributed by atoms with Gasteiger partial charge in [0.1, 0.15) is 18.3 Å². The number of benzene rings is 1. The molecular formula is C55H77CoN13O14P-. The molecule has 27 nitrogen and oxygen atoms in total. The second kappa shape index (κ2) is 29.4. The van der Waals surface area contributed by atoms with Crippen molar-refractivity contribution in [3.05, 3.63) is 69.2 Å². The molecule has 0 aliphatic carbocycles. The summed E-state index contributed by atoms with van der Waals surface area (Å²) < 4.78 is 32.1. The molecule has 8 bridgehead atoms. The number of ether oxygens (including phenoxy) is 1. The van der Waals surface area contributed by atoms with Crippen LogP contribution in [0.4, 0.5) is 0 Å². The standard InChI is InChI=1S/C55H78N13O14P.Co/c1-28-15-42-43(16-29(28)2)68(23-62-42)55-53(76)54(44(22-69)81-55)82-83(78,79)80-14-12-33(67-77)6-7-36-39(20-60-26-72)51-52-40(21-61-27-73)37(11-13-58-24-70)49(66-52)31(4)50-38(19-59-25-71)35(8-10-46(57)75)41(64-50)18-34-17-32(5-9-45(56)74)47(63-34)30(3)48(36)65-51;/h15-16,18,23-27,32-33,35-40,44,51-55,67,69,76-77H,5-14,17,19-22H2,1-4H3,(H10,56,57,58,59,60,61,63,64,65,66,70,71,72,73,74,75,78,79);/p-1/t32-,33?,35-,36+,37-,38-,39+,40-,44+,51?,52?,53-,54+,55?;/m0./s1. The number of hydroxylamine groups is 1. The van der Waals surface area contributed by atoms with Crippen molar-refractivity contribution in [2.75, 3.05) is 39.4 Å². The van der Waals surface area contributed by atoms with Crippen LogP contribution in [0.2, 0.25) is 0 Å². The van der Waals surface area contributed by atoms with Crippen molar-refractivity contribution in [3.8, 4) is 0 Å². The molecule has 1 aromatic heterocycles. The number of hydrogen-bond acceptors (Lipinski definition) is 18. The number of phosphoric acid groups is 1. The van der Waals surface area contributed by atoms with Gasteiger partial charge in [-0.15, -0.1) is 0 Å². The van der Waals surface area contributed by atoms with Gasteiger partial charge in [0, 0.05) is 120 Å². The van der Waals surface area contributed by atoms with Crippen LogP contribution in [0.3, 0.4) is 0 Å². The van der Waals surface area contributed by atoms with Gasteiger partial charge in [0.25, 0.3) is 0 Å². The third-order valence-corrected chi connectivity index (χ3v) is 18.3. The number of aliphatic hydroxyl groups excluding tert-OH is 2. The van der Waals surface area contributed by atoms with E-state index in [9.17, 15) is 53.6 Å². The molecule has 8 rings (SSSR count). The van der Waals surface area contributed by atoms with Crippen molar-refractivity contribution in [3.63, 3.8) is 0 Å². The van der Waals surface area contributed by atoms with Gasteiger partial charge in [-0.1, -0.05) is 6.04 Å². The van der Waals surface area contributed by atoms with Gasteiger partial charge in [-0.25, -0.2) is 15.0 Å². The third-order valence-electron chi connectivity index (χ3n) is 17.3. The van der Waals surface area contributed by atoms with E-state index in [1.807, 2.05) is 45.9 Å². The molecule has 5 unspecified atom stereocenters. The Morgan fingerprint density at radius 1 is 0.857 bits per heavy atom. The van der Waals surface area contributed by atoms with Crippen molar-refractivity contribution in [2.24, 2.45) is 67.9 Å². The van der Waals surface area contributed by atoms with E-state index in [0.717, 1.165) is 11.1 Å². The van der Waals surface area contributed by atoms with Gasteiger partial charge in [-0.2, -0.15) is 5.70 Å². The normalized spacial score (nSPS) is 31.4. The number of fused-ring (bicyclic) bond motifs is 7. The van der Waals surface area contributed by atoms with Gasteiger partial charge in [0.2, 0.25) is 37.5 Å². The van der Waals surface area contributed by atoms with Crippen molar-refractivity contribution >= 4 is 73.4 Å². The molecule has 13 N–H and O–H groups in total. The second-order valence-corrected chi connectivity index (χ2v) is 23.7. The number of aliphatic hydroxyl groups is 2. The smallest absolute Gasteiger partial charge is 0.472 e. The van der Waals surface area contributed by atoms with Gasteiger partial charge in [-0.05, 0) is 125 Å². The van der Waals surface area contributed by atoms with Gasteiger partial charge < -0.3 is 67.7 Å². The van der Waals surface area contributed by atoms with E-state index in [0.29, 0.717) is 114 Å². The van der Waals surface area contributed by atoms with Crippen molar-refractivity contribution in [1.82, 2.24) is 36.3 Å². The number of carbonyl (C=O) groups is 6. The Morgan fingerprint density at radius 2 is 1.54 bits per heavy atom. The molecule has 6 aliphatic rings. The Balaban J connectivity index is 0.0000101. The molecule has 7 heterocycles. The topological polar surface area (TPSA) is 409 Å². The maximum atomic E-state index is 13.6. The van der Waals surface area contributed by atoms with Crippen molar-refractivity contribution in [2.45, 2.75) is 128 Å². The van der Waals surface area contributed by atoms with E-state index >= 15 is 0 Å². The summed E-state index contributed by atoms with van der Waals surface area (Å²) in [7, 11) is -4.97. The number of amides is 6. The predicted molar refractivity (Wildman–Crippen MR) is 303 cm³/mol. The van der Waals surface area contributed by atoms with Crippen LogP contribution in [0.5, 0.6) is 0 Å². The molecule has 6 aliphatic heterocycles. The Bertz CT molecular complexity index is 3010. The summed E-state index contributed by atoms with van der Waals surface area (Å²) in [6.45, 7) is 7.23. The number of aryl methyl sites for hydroxylation is 2. The Labute approximate surface area is 496 Å². The average molecular weight is 1230 g/mol. The van der Waals surface area contributed by atoms with E-state index < -0.39 is 111 Å². The number of phosphoric ester groups is 1. The molecule has 1 radical (unpaired) electrons. The van der Waals surface area contributed by atoms with E-state index in [-0.39, 0.29) is 74.6 Å². The summed E-state index contributed by atoms with van der Waals surface area (Å²) in [6.07, 6.45) is 2.33. The summed E-state index contributed by atoms with van der Waals surface area (Å²) in [5, 5.41) is 49.3. The first-order chi connectivity index (χ1) is 39.9. The molecule has 29 heteroatoms. The Hall–Kier alpha value is -6.04. The first kappa shape index (κ1) is 65.5. The minimum Gasteiger partial charge on any atom is -0.683 e. The van der Waals surface area contributed by atoms with E-state index in [1.54, 1.807) is 4.57 Å². The number of aromatic nitrogens is 2. The number of rotatable bonds is 31. The average Bonchev–Trinajstić information content (AvgIpc) is 3.03. The number of primary amides is 2. The fraction of sp³-hybridized carbons (Fsp3) is 0.600. The summed E-state index contributed by atoms with van der Waals surface area (Å²) in [5.41, 5.74) is 22.2. The molecule has 84 heavy (non-hydrogen) atoms. The van der Waals surface area contributed by atoms with Crippen LogP contribution in [0.15, 0.2) is 67.8 Å². The molecule has 2 aromatic rings. The Morgan fingerprint density at radius 3 is 2.21 bits per heavy atom. The Kier molecular flexibility index (Phi) is 22.9. The van der Waals surface area contributed by atoms with E-state index in [4.69, 9.17) is 45.5 Å². The van der Waals surface area contributed by atoms with Crippen LogP contribution in [0.1, 0.15) is 89.0 Å². The number of hydrogen-bond donors (Lipinski definition) is 11. The fourth-order valence-corrected chi connectivity index (χ4v) is 14.1. The molecule has 2 fully saturated rings. The zero-order chi connectivity index (χ0) is 59.7. The maximum absolute atomic E-state index is 13.6. The number of allylic oxidation sites excluding steroid dienone is 5. The number of imidazole rings is 1. The summed E-state index contributed by atoms with van der Waals surface area (Å²) in [6, 6.07) is 1.67. The second-order valence-electron chi connectivity index (χ2n) is 22.3. The first-order valence-corrected chi connectivity index (χ1v) is 29.6. The zero-order valence-corrected chi connectivity index (χ0v) is 49.2. The van der Waals surface area contributed by atoms with Gasteiger partial charge in [0.15, 0.2) is 6.23 Å². The SMILES string of the molecule is C/C1=C2N=C(/C=C3/C[C@H](CCC(N)=O)C(=N3)/C(C)=C3\[N-]C(C4N=C1[C@@H](CCNC=O)[C@@H]4CNC=O)[C@H](CNC=O)[C@H]3CCC(CCOP(=O)(O)O[C@H]1[C@H](O)C(n3cnc4cc(C)c(C)cc43)O[C@@H]1CO)NO)[C@@H](CCC(N)=O)[C@@H]/2CNC=O.[Co]. The largest absolute Gasteiger partial charge is 0.683 e. The fourth-order valence-electron chi connectivity index (χ4n) is 13.1. The number of aliphatic imine (C=N–C) groups is 3. The van der Waals surface area contributed by atoms with Crippen LogP contribution >= 0.6 is 7.82 Å². The maximum Gasteiger partial charge on any atom is 0.472 e. The van der Waals surface area contributed by atoms with E-state index in [1.165, 1.54) is 6.33 Å². The van der Waals surface area contributed by atoms with Crippen LogP contribution in [-0.4, -0.2) is 160 Å². The minimum absolute atomic E-state index is 0.